The Hall–Kier alpha value is -7.24. The fourth-order valence-corrected chi connectivity index (χ4v) is 10.7. The van der Waals surface area contributed by atoms with Crippen molar-refractivity contribution < 1.29 is 4.74 Å². The van der Waals surface area contributed by atoms with E-state index in [4.69, 9.17) is 14.7 Å². The molecule has 2 aromatic heterocycles. The summed E-state index contributed by atoms with van der Waals surface area (Å²) in [5.41, 5.74) is 16.4. The minimum Gasteiger partial charge on any atom is -0.484 e. The van der Waals surface area contributed by atoms with Crippen LogP contribution in [0.1, 0.15) is 53.0 Å². The summed E-state index contributed by atoms with van der Waals surface area (Å²) in [6, 6.07) is 45.8. The van der Waals surface area contributed by atoms with Crippen molar-refractivity contribution in [3.05, 3.63) is 203 Å². The Morgan fingerprint density at radius 2 is 1.52 bits per heavy atom. The first-order chi connectivity index (χ1) is 29.7. The average Bonchev–Trinajstić information content (AvgIpc) is 3.96. The minimum absolute atomic E-state index is 0.0669. The Labute approximate surface area is 348 Å². The van der Waals surface area contributed by atoms with Crippen LogP contribution in [0.5, 0.6) is 5.75 Å². The van der Waals surface area contributed by atoms with Crippen LogP contribution in [-0.4, -0.2) is 20.6 Å². The first-order valence-corrected chi connectivity index (χ1v) is 21.2. The van der Waals surface area contributed by atoms with E-state index in [-0.39, 0.29) is 17.9 Å². The molecule has 5 aliphatic rings. The summed E-state index contributed by atoms with van der Waals surface area (Å²) >= 11 is 0. The van der Waals surface area contributed by atoms with E-state index in [0.717, 1.165) is 62.6 Å². The monoisotopic (exact) mass is 772 g/mol. The number of aromatic nitrogens is 3. The first kappa shape index (κ1) is 33.7. The van der Waals surface area contributed by atoms with Crippen molar-refractivity contribution in [2.24, 2.45) is 5.92 Å². The second-order valence-electron chi connectivity index (χ2n) is 16.9. The van der Waals surface area contributed by atoms with E-state index < -0.39 is 0 Å². The molecule has 8 aromatic rings. The highest BCUT2D eigenvalue weighted by molar-refractivity contribution is 6.18. The molecule has 0 N–H and O–H groups in total. The molecule has 0 bridgehead atoms. The van der Waals surface area contributed by atoms with Crippen LogP contribution in [0.25, 0.3) is 61.6 Å². The lowest BCUT2D eigenvalue weighted by molar-refractivity contribution is 0.271. The van der Waals surface area contributed by atoms with Gasteiger partial charge in [0.1, 0.15) is 11.9 Å². The summed E-state index contributed by atoms with van der Waals surface area (Å²) in [6.45, 7) is 2.30. The van der Waals surface area contributed by atoms with Crippen molar-refractivity contribution in [2.75, 3.05) is 4.90 Å². The normalized spacial score (nSPS) is 20.7. The van der Waals surface area contributed by atoms with Crippen LogP contribution in [0.4, 0.5) is 11.4 Å². The van der Waals surface area contributed by atoms with Crippen LogP contribution in [0.15, 0.2) is 176 Å². The van der Waals surface area contributed by atoms with Gasteiger partial charge in [-0.15, -0.1) is 0 Å². The summed E-state index contributed by atoms with van der Waals surface area (Å²) in [5.74, 6) is 2.45. The van der Waals surface area contributed by atoms with Gasteiger partial charge in [0, 0.05) is 61.9 Å². The standard InChI is InChI=1S/C55H40N4O/c1-33-24-27-38-35(30-33)26-29-43-50-53(59(52(38)43)55-56-46-21-11-8-20-42(46)51(57-55)34-14-4-2-5-15-34)44(32-45-41-19-10-13-23-49(41)60-54(45)50)36-25-28-40-39-18-9-12-22-47(39)58(48(40)31-36)37-16-6-3-7-17-37/h2-27,29,31-33,40-41,49H,28,30H2,1H3/t33?,40?,41-,49?/m1/s1. The number of allylic oxidation sites excluding steroid dienone is 7. The zero-order valence-corrected chi connectivity index (χ0v) is 33.2. The van der Waals surface area contributed by atoms with Gasteiger partial charge in [-0.25, -0.2) is 9.97 Å². The summed E-state index contributed by atoms with van der Waals surface area (Å²) in [5, 5.41) is 3.31. The molecule has 286 valence electrons. The van der Waals surface area contributed by atoms with E-state index in [2.05, 4.69) is 192 Å². The molecule has 0 spiro atoms. The van der Waals surface area contributed by atoms with Crippen LogP contribution in [0, 0.1) is 5.92 Å². The van der Waals surface area contributed by atoms with Crippen molar-refractivity contribution in [3.63, 3.8) is 0 Å². The van der Waals surface area contributed by atoms with Gasteiger partial charge in [-0.3, -0.25) is 4.57 Å². The lowest BCUT2D eigenvalue weighted by atomic mass is 9.84. The second-order valence-corrected chi connectivity index (χ2v) is 16.9. The molecule has 0 radical (unpaired) electrons. The van der Waals surface area contributed by atoms with Crippen LogP contribution >= 0.6 is 0 Å². The van der Waals surface area contributed by atoms with Gasteiger partial charge in [0.2, 0.25) is 5.95 Å². The zero-order chi connectivity index (χ0) is 39.5. The van der Waals surface area contributed by atoms with Crippen molar-refractivity contribution in [3.8, 4) is 23.0 Å². The number of anilines is 2. The molecule has 5 nitrogen and oxygen atoms in total. The van der Waals surface area contributed by atoms with E-state index in [9.17, 15) is 0 Å². The van der Waals surface area contributed by atoms with Crippen molar-refractivity contribution >= 4 is 55.7 Å². The van der Waals surface area contributed by atoms with E-state index in [1.54, 1.807) is 0 Å². The van der Waals surface area contributed by atoms with Crippen LogP contribution in [0.2, 0.25) is 0 Å². The fraction of sp³-hybridized carbons (Fsp3) is 0.127. The molecule has 0 saturated carbocycles. The lowest BCUT2D eigenvalue weighted by Gasteiger charge is -2.26. The zero-order valence-electron chi connectivity index (χ0n) is 33.2. The van der Waals surface area contributed by atoms with Crippen LogP contribution in [0.3, 0.4) is 0 Å². The topological polar surface area (TPSA) is 43.2 Å². The Kier molecular flexibility index (Phi) is 7.23. The van der Waals surface area contributed by atoms with Gasteiger partial charge < -0.3 is 9.64 Å². The highest BCUT2D eigenvalue weighted by atomic mass is 16.5. The molecule has 0 amide bonds. The number of hydrogen-bond acceptors (Lipinski definition) is 4. The van der Waals surface area contributed by atoms with Gasteiger partial charge in [-0.05, 0) is 77.9 Å². The number of nitrogens with zero attached hydrogens (tertiary/aromatic N) is 4. The van der Waals surface area contributed by atoms with Gasteiger partial charge in [0.15, 0.2) is 0 Å². The van der Waals surface area contributed by atoms with E-state index in [0.29, 0.717) is 11.9 Å². The predicted octanol–water partition coefficient (Wildman–Crippen LogP) is 13.2. The van der Waals surface area contributed by atoms with Gasteiger partial charge in [-0.1, -0.05) is 140 Å². The number of rotatable bonds is 4. The lowest BCUT2D eigenvalue weighted by Crippen LogP contribution is -2.16. The second kappa shape index (κ2) is 12.9. The average molecular weight is 773 g/mol. The smallest absolute Gasteiger partial charge is 0.235 e. The van der Waals surface area contributed by atoms with Gasteiger partial charge >= 0.3 is 0 Å². The molecule has 0 fully saturated rings. The molecule has 4 atom stereocenters. The molecular formula is C55H40N4O. The molecule has 4 heterocycles. The summed E-state index contributed by atoms with van der Waals surface area (Å²) in [6.07, 6.45) is 20.2. The third-order valence-corrected chi connectivity index (χ3v) is 13.3. The molecule has 0 saturated heterocycles. The van der Waals surface area contributed by atoms with Gasteiger partial charge in [-0.2, -0.15) is 0 Å². The van der Waals surface area contributed by atoms with E-state index in [1.807, 2.05) is 0 Å². The highest BCUT2D eigenvalue weighted by Gasteiger charge is 2.40. The molecule has 3 unspecified atom stereocenters. The van der Waals surface area contributed by atoms with Gasteiger partial charge in [0.05, 0.1) is 27.6 Å². The summed E-state index contributed by atoms with van der Waals surface area (Å²) in [4.78, 5) is 13.5. The number of ether oxygens (including phenoxy) is 1. The quantitative estimate of drug-likeness (QED) is 0.179. The van der Waals surface area contributed by atoms with Crippen LogP contribution < -0.4 is 9.64 Å². The molecule has 2 aliphatic heterocycles. The Morgan fingerprint density at radius 1 is 0.717 bits per heavy atom. The Bertz CT molecular complexity index is 3280. The van der Waals surface area contributed by atoms with Crippen molar-refractivity contribution in [1.29, 1.82) is 0 Å². The largest absolute Gasteiger partial charge is 0.484 e. The molecule has 3 aliphatic carbocycles. The highest BCUT2D eigenvalue weighted by Crippen LogP contribution is 2.55. The molecule has 5 heteroatoms. The number of fused-ring (bicyclic) bond motifs is 13. The Balaban J connectivity index is 1.15. The number of hydrogen-bond donors (Lipinski definition) is 0. The van der Waals surface area contributed by atoms with Crippen molar-refractivity contribution in [2.45, 2.75) is 37.7 Å². The fourth-order valence-electron chi connectivity index (χ4n) is 10.7. The summed E-state index contributed by atoms with van der Waals surface area (Å²) in [7, 11) is 0. The first-order valence-electron chi connectivity index (χ1n) is 21.2. The SMILES string of the molecule is CC1C=Cc2c(ccc3c4c5c(cc(C6=CCC7C(=C6)N(c6ccccc6)c6ccccc67)c4n(-c4nc(-c6ccccc6)c6ccccc6n4)c23)[C@H]2C=CC=CC2O5)C1. The van der Waals surface area contributed by atoms with E-state index in [1.165, 1.54) is 50.5 Å². The maximum Gasteiger partial charge on any atom is 0.235 e. The molecule has 13 rings (SSSR count). The summed E-state index contributed by atoms with van der Waals surface area (Å²) < 4.78 is 9.47. The molecule has 60 heavy (non-hydrogen) atoms. The predicted molar refractivity (Wildman–Crippen MR) is 245 cm³/mol. The maximum atomic E-state index is 7.08. The molecule has 6 aromatic carbocycles. The maximum absolute atomic E-state index is 7.08. The van der Waals surface area contributed by atoms with Crippen molar-refractivity contribution in [1.82, 2.24) is 14.5 Å². The number of benzene rings is 6. The number of para-hydroxylation sites is 3. The third kappa shape index (κ3) is 4.86. The van der Waals surface area contributed by atoms with E-state index >= 15 is 0 Å². The minimum atomic E-state index is -0.0669. The molecular weight excluding hydrogens is 733 g/mol. The van der Waals surface area contributed by atoms with Crippen LogP contribution in [-0.2, 0) is 6.42 Å². The Morgan fingerprint density at radius 3 is 2.42 bits per heavy atom. The third-order valence-electron chi connectivity index (χ3n) is 13.3. The van der Waals surface area contributed by atoms with Gasteiger partial charge in [0.25, 0.3) is 0 Å².